The third-order valence-corrected chi connectivity index (χ3v) is 3.93. The molecule has 0 amide bonds. The second kappa shape index (κ2) is 7.50. The van der Waals surface area contributed by atoms with Gasteiger partial charge in [-0.3, -0.25) is 0 Å². The molecule has 1 aliphatic rings. The third kappa shape index (κ3) is 4.77. The number of aryl methyl sites for hydroxylation is 2. The van der Waals surface area contributed by atoms with Crippen LogP contribution in [0.1, 0.15) is 49.7 Å². The lowest BCUT2D eigenvalue weighted by Crippen LogP contribution is -2.45. The third-order valence-electron chi connectivity index (χ3n) is 3.93. The number of aliphatic hydroxyl groups is 1. The maximum Gasteiger partial charge on any atom is 0.191 e. The molecule has 1 aromatic rings. The molecule has 0 unspecified atom stereocenters. The topological polar surface area (TPSA) is 69.8 Å². The molecule has 2 rings (SSSR count). The summed E-state index contributed by atoms with van der Waals surface area (Å²) in [6.45, 7) is 7.45. The Balaban J connectivity index is 1.94. The van der Waals surface area contributed by atoms with Crippen molar-refractivity contribution in [2.45, 2.75) is 65.1 Å². The molecular weight excluding hydrogens is 266 g/mol. The lowest BCUT2D eigenvalue weighted by atomic mass is 9.93. The second-order valence-corrected chi connectivity index (χ2v) is 5.78. The lowest BCUT2D eigenvalue weighted by molar-refractivity contribution is 0.120. The summed E-state index contributed by atoms with van der Waals surface area (Å²) in [5.74, 6) is 2.71. The van der Waals surface area contributed by atoms with Gasteiger partial charge < -0.3 is 20.2 Å². The van der Waals surface area contributed by atoms with Crippen LogP contribution in [0.2, 0.25) is 0 Å². The van der Waals surface area contributed by atoms with Crippen LogP contribution >= 0.6 is 0 Å². The summed E-state index contributed by atoms with van der Waals surface area (Å²) < 4.78 is 5.53. The van der Waals surface area contributed by atoms with Gasteiger partial charge in [0, 0.05) is 18.2 Å². The van der Waals surface area contributed by atoms with Gasteiger partial charge >= 0.3 is 0 Å². The molecule has 5 nitrogen and oxygen atoms in total. The Kier molecular flexibility index (Phi) is 5.67. The van der Waals surface area contributed by atoms with E-state index in [1.807, 2.05) is 19.9 Å². The van der Waals surface area contributed by atoms with Crippen molar-refractivity contribution in [3.63, 3.8) is 0 Å². The first kappa shape index (κ1) is 15.9. The Bertz CT molecular complexity index is 474. The predicted octanol–water partition coefficient (Wildman–Crippen LogP) is 2.26. The van der Waals surface area contributed by atoms with E-state index in [4.69, 9.17) is 4.42 Å². The minimum absolute atomic E-state index is 0.126. The van der Waals surface area contributed by atoms with Crippen LogP contribution in [-0.4, -0.2) is 29.8 Å². The minimum atomic E-state index is -0.126. The molecular formula is C16H27N3O2. The van der Waals surface area contributed by atoms with Crippen LogP contribution in [0.15, 0.2) is 15.5 Å². The van der Waals surface area contributed by atoms with Crippen LogP contribution in [-0.2, 0) is 6.54 Å². The zero-order valence-electron chi connectivity index (χ0n) is 13.3. The van der Waals surface area contributed by atoms with E-state index in [0.717, 1.165) is 55.3 Å². The molecule has 0 spiro atoms. The maximum atomic E-state index is 9.57. The van der Waals surface area contributed by atoms with Crippen LogP contribution in [0.4, 0.5) is 0 Å². The Morgan fingerprint density at radius 1 is 1.33 bits per heavy atom. The summed E-state index contributed by atoms with van der Waals surface area (Å²) in [6.07, 6.45) is 3.61. The van der Waals surface area contributed by atoms with Gasteiger partial charge in [0.2, 0.25) is 0 Å². The monoisotopic (exact) mass is 293 g/mol. The van der Waals surface area contributed by atoms with Crippen molar-refractivity contribution < 1.29 is 9.52 Å². The summed E-state index contributed by atoms with van der Waals surface area (Å²) in [5, 5.41) is 16.3. The number of aliphatic hydroxyl groups excluding tert-OH is 1. The van der Waals surface area contributed by atoms with Gasteiger partial charge in [0.15, 0.2) is 5.96 Å². The van der Waals surface area contributed by atoms with Gasteiger partial charge in [-0.2, -0.15) is 0 Å². The van der Waals surface area contributed by atoms with Crippen LogP contribution in [0.3, 0.4) is 0 Å². The van der Waals surface area contributed by atoms with Crippen molar-refractivity contribution in [3.05, 3.63) is 23.2 Å². The van der Waals surface area contributed by atoms with Crippen molar-refractivity contribution >= 4 is 5.96 Å². The first-order chi connectivity index (χ1) is 10.1. The molecule has 1 saturated carbocycles. The van der Waals surface area contributed by atoms with Gasteiger partial charge in [0.25, 0.3) is 0 Å². The molecule has 5 heteroatoms. The molecule has 1 fully saturated rings. The minimum Gasteiger partial charge on any atom is -0.466 e. The van der Waals surface area contributed by atoms with Crippen LogP contribution < -0.4 is 10.6 Å². The maximum absolute atomic E-state index is 9.57. The highest BCUT2D eigenvalue weighted by atomic mass is 16.3. The van der Waals surface area contributed by atoms with E-state index in [1.165, 1.54) is 0 Å². The zero-order chi connectivity index (χ0) is 15.2. The molecule has 0 atom stereocenters. The van der Waals surface area contributed by atoms with Crippen LogP contribution in [0.25, 0.3) is 0 Å². The van der Waals surface area contributed by atoms with E-state index in [0.29, 0.717) is 12.6 Å². The van der Waals surface area contributed by atoms with E-state index in [2.05, 4.69) is 22.5 Å². The first-order valence-corrected chi connectivity index (χ1v) is 7.87. The Morgan fingerprint density at radius 3 is 2.62 bits per heavy atom. The van der Waals surface area contributed by atoms with E-state index < -0.39 is 0 Å². The smallest absolute Gasteiger partial charge is 0.191 e. The highest BCUT2D eigenvalue weighted by Gasteiger charge is 2.20. The highest BCUT2D eigenvalue weighted by Crippen LogP contribution is 2.18. The van der Waals surface area contributed by atoms with Gasteiger partial charge in [-0.1, -0.05) is 0 Å². The van der Waals surface area contributed by atoms with E-state index in [-0.39, 0.29) is 6.10 Å². The molecule has 21 heavy (non-hydrogen) atoms. The predicted molar refractivity (Wildman–Crippen MR) is 84.4 cm³/mol. The number of aliphatic imine (C=N–C) groups is 1. The number of nitrogens with one attached hydrogen (secondary N) is 2. The average molecular weight is 293 g/mol. The fourth-order valence-electron chi connectivity index (χ4n) is 2.74. The average Bonchev–Trinajstić information content (AvgIpc) is 2.77. The van der Waals surface area contributed by atoms with Crippen molar-refractivity contribution in [1.82, 2.24) is 10.6 Å². The molecule has 0 bridgehead atoms. The van der Waals surface area contributed by atoms with Crippen LogP contribution in [0.5, 0.6) is 0 Å². The molecule has 1 aromatic heterocycles. The van der Waals surface area contributed by atoms with Gasteiger partial charge in [-0.15, -0.1) is 0 Å². The number of hydrogen-bond acceptors (Lipinski definition) is 3. The van der Waals surface area contributed by atoms with Gasteiger partial charge in [0.05, 0.1) is 12.6 Å². The Hall–Kier alpha value is -1.49. The SMILES string of the molecule is CCNC(=NCc1cc(C)oc1C)NC1CCC(O)CC1. The zero-order valence-corrected chi connectivity index (χ0v) is 13.3. The van der Waals surface area contributed by atoms with Crippen molar-refractivity contribution in [2.24, 2.45) is 4.99 Å². The molecule has 0 aromatic carbocycles. The van der Waals surface area contributed by atoms with Crippen molar-refractivity contribution in [2.75, 3.05) is 6.54 Å². The number of guanidine groups is 1. The number of furan rings is 1. The number of rotatable bonds is 4. The van der Waals surface area contributed by atoms with Crippen molar-refractivity contribution in [1.29, 1.82) is 0 Å². The van der Waals surface area contributed by atoms with E-state index >= 15 is 0 Å². The fourth-order valence-corrected chi connectivity index (χ4v) is 2.74. The molecule has 1 heterocycles. The summed E-state index contributed by atoms with van der Waals surface area (Å²) in [6, 6.07) is 2.44. The first-order valence-electron chi connectivity index (χ1n) is 7.87. The normalized spacial score (nSPS) is 23.1. The largest absolute Gasteiger partial charge is 0.466 e. The quantitative estimate of drug-likeness (QED) is 0.588. The van der Waals surface area contributed by atoms with Gasteiger partial charge in [-0.25, -0.2) is 4.99 Å². The molecule has 0 saturated heterocycles. The second-order valence-electron chi connectivity index (χ2n) is 5.78. The molecule has 0 aliphatic heterocycles. The summed E-state index contributed by atoms with van der Waals surface area (Å²) in [7, 11) is 0. The molecule has 118 valence electrons. The molecule has 1 aliphatic carbocycles. The van der Waals surface area contributed by atoms with Crippen molar-refractivity contribution in [3.8, 4) is 0 Å². The lowest BCUT2D eigenvalue weighted by Gasteiger charge is -2.27. The van der Waals surface area contributed by atoms with Gasteiger partial charge in [-0.05, 0) is 52.5 Å². The molecule has 0 radical (unpaired) electrons. The highest BCUT2D eigenvalue weighted by molar-refractivity contribution is 5.80. The summed E-state index contributed by atoms with van der Waals surface area (Å²) in [5.41, 5.74) is 1.13. The van der Waals surface area contributed by atoms with E-state index in [9.17, 15) is 5.11 Å². The summed E-state index contributed by atoms with van der Waals surface area (Å²) in [4.78, 5) is 4.64. The Labute approximate surface area is 126 Å². The fraction of sp³-hybridized carbons (Fsp3) is 0.688. The summed E-state index contributed by atoms with van der Waals surface area (Å²) >= 11 is 0. The number of nitrogens with zero attached hydrogens (tertiary/aromatic N) is 1. The van der Waals surface area contributed by atoms with Gasteiger partial charge in [0.1, 0.15) is 11.5 Å². The standard InChI is InChI=1S/C16H27N3O2/c1-4-17-16(19-14-5-7-15(20)8-6-14)18-10-13-9-11(2)21-12(13)3/h9,14-15,20H,4-8,10H2,1-3H3,(H2,17,18,19). The number of hydrogen-bond donors (Lipinski definition) is 3. The van der Waals surface area contributed by atoms with E-state index in [1.54, 1.807) is 0 Å². The van der Waals surface area contributed by atoms with Crippen LogP contribution in [0, 0.1) is 13.8 Å². The Morgan fingerprint density at radius 2 is 2.05 bits per heavy atom. The molecule has 3 N–H and O–H groups in total.